The van der Waals surface area contributed by atoms with Gasteiger partial charge in [0.15, 0.2) is 0 Å². The van der Waals surface area contributed by atoms with Crippen LogP contribution in [-0.4, -0.2) is 37.4 Å². The topological polar surface area (TPSA) is 49.4 Å². The normalized spacial score (nSPS) is 11.0. The lowest BCUT2D eigenvalue weighted by Gasteiger charge is -2.28. The van der Waals surface area contributed by atoms with Crippen LogP contribution in [0.4, 0.5) is 4.79 Å². The SMILES string of the molecule is CC.CC.CCNC(=O)N(C)C.CCc1cccc(C(C)(C(C)=O)c2ccccc2)c1.[HH].[HH]. The smallest absolute Gasteiger partial charge is 0.316 e. The molecule has 4 heteroatoms. The first kappa shape index (κ1) is 30.6. The van der Waals surface area contributed by atoms with E-state index in [1.807, 2.05) is 84.0 Å². The van der Waals surface area contributed by atoms with Crippen LogP contribution in [0.5, 0.6) is 0 Å². The molecule has 2 amide bonds. The molecule has 0 heterocycles. The van der Waals surface area contributed by atoms with Gasteiger partial charge in [-0.25, -0.2) is 4.79 Å². The second-order valence-electron chi connectivity index (χ2n) is 6.83. The van der Waals surface area contributed by atoms with Crippen molar-refractivity contribution in [1.29, 1.82) is 0 Å². The third-order valence-electron chi connectivity index (χ3n) is 4.70. The number of aryl methyl sites for hydroxylation is 1. The van der Waals surface area contributed by atoms with E-state index in [1.54, 1.807) is 21.0 Å². The van der Waals surface area contributed by atoms with Crippen LogP contribution in [0.1, 0.15) is 74.9 Å². The Bertz CT molecular complexity index is 753. The third-order valence-corrected chi connectivity index (χ3v) is 4.70. The molecule has 0 saturated carbocycles. The van der Waals surface area contributed by atoms with Crippen LogP contribution in [-0.2, 0) is 16.6 Å². The Morgan fingerprint density at radius 1 is 0.903 bits per heavy atom. The quantitative estimate of drug-likeness (QED) is 0.555. The fourth-order valence-electron chi connectivity index (χ4n) is 2.76. The van der Waals surface area contributed by atoms with E-state index in [2.05, 4.69) is 24.4 Å². The van der Waals surface area contributed by atoms with E-state index in [0.717, 1.165) is 17.5 Å². The van der Waals surface area contributed by atoms with Crippen molar-refractivity contribution in [3.8, 4) is 0 Å². The van der Waals surface area contributed by atoms with Gasteiger partial charge in [0.25, 0.3) is 0 Å². The molecule has 2 aromatic rings. The summed E-state index contributed by atoms with van der Waals surface area (Å²) in [6.07, 6.45) is 0.983. The van der Waals surface area contributed by atoms with Crippen molar-refractivity contribution >= 4 is 11.8 Å². The number of rotatable bonds is 5. The van der Waals surface area contributed by atoms with Crippen LogP contribution in [0.15, 0.2) is 54.6 Å². The average Bonchev–Trinajstić information content (AvgIpc) is 2.82. The second kappa shape index (κ2) is 17.1. The number of urea groups is 1. The Balaban J connectivity index is -0.000000257. The molecular weight excluding hydrogens is 384 g/mol. The van der Waals surface area contributed by atoms with Crippen molar-refractivity contribution in [2.24, 2.45) is 0 Å². The summed E-state index contributed by atoms with van der Waals surface area (Å²) in [5, 5.41) is 2.63. The molecule has 1 N–H and O–H groups in total. The molecule has 0 fully saturated rings. The lowest BCUT2D eigenvalue weighted by molar-refractivity contribution is -0.120. The van der Waals surface area contributed by atoms with Gasteiger partial charge in [-0.05, 0) is 43.9 Å². The molecule has 0 radical (unpaired) electrons. The summed E-state index contributed by atoms with van der Waals surface area (Å²) in [4.78, 5) is 24.3. The number of amides is 2. The third kappa shape index (κ3) is 9.82. The fourth-order valence-corrected chi connectivity index (χ4v) is 2.76. The molecule has 4 nitrogen and oxygen atoms in total. The number of carbonyl (C=O) groups is 2. The molecule has 0 saturated heterocycles. The zero-order chi connectivity index (χ0) is 24.4. The molecule has 1 unspecified atom stereocenters. The second-order valence-corrected chi connectivity index (χ2v) is 6.83. The minimum Gasteiger partial charge on any atom is -0.338 e. The highest BCUT2D eigenvalue weighted by molar-refractivity contribution is 5.91. The fraction of sp³-hybridized carbons (Fsp3) is 0.481. The molecule has 31 heavy (non-hydrogen) atoms. The Morgan fingerprint density at radius 2 is 1.42 bits per heavy atom. The molecule has 0 bridgehead atoms. The van der Waals surface area contributed by atoms with E-state index >= 15 is 0 Å². The molecule has 178 valence electrons. The lowest BCUT2D eigenvalue weighted by atomic mass is 9.73. The molecule has 0 aliphatic rings. The van der Waals surface area contributed by atoms with Crippen molar-refractivity contribution < 1.29 is 12.4 Å². The molecule has 2 rings (SSSR count). The number of nitrogens with one attached hydrogen (secondary N) is 1. The van der Waals surface area contributed by atoms with Gasteiger partial charge >= 0.3 is 6.03 Å². The molecule has 0 aromatic heterocycles. The lowest BCUT2D eigenvalue weighted by Crippen LogP contribution is -2.34. The van der Waals surface area contributed by atoms with E-state index in [4.69, 9.17) is 0 Å². The number of hydrogen-bond acceptors (Lipinski definition) is 2. The molecular formula is C27H48N2O2. The summed E-state index contributed by atoms with van der Waals surface area (Å²) in [5.41, 5.74) is 2.83. The average molecular weight is 433 g/mol. The minimum atomic E-state index is -0.563. The number of Topliss-reactive ketones (excluding diaryl/α,β-unsaturated/α-hetero) is 1. The molecule has 1 atom stereocenters. The van der Waals surface area contributed by atoms with Crippen LogP contribution in [0.2, 0.25) is 0 Å². The summed E-state index contributed by atoms with van der Waals surface area (Å²) < 4.78 is 0. The number of benzene rings is 2. The van der Waals surface area contributed by atoms with Crippen LogP contribution in [0, 0.1) is 0 Å². The van der Waals surface area contributed by atoms with Gasteiger partial charge in [-0.3, -0.25) is 4.79 Å². The van der Waals surface area contributed by atoms with Crippen LogP contribution < -0.4 is 5.32 Å². The van der Waals surface area contributed by atoms with Crippen molar-refractivity contribution in [2.75, 3.05) is 20.6 Å². The largest absolute Gasteiger partial charge is 0.338 e. The van der Waals surface area contributed by atoms with E-state index in [-0.39, 0.29) is 14.7 Å². The summed E-state index contributed by atoms with van der Waals surface area (Å²) in [6.45, 7) is 16.4. The summed E-state index contributed by atoms with van der Waals surface area (Å²) in [6, 6.07) is 18.3. The maximum Gasteiger partial charge on any atom is 0.316 e. The number of hydrogen-bond donors (Lipinski definition) is 1. The van der Waals surface area contributed by atoms with Crippen molar-refractivity contribution in [1.82, 2.24) is 10.2 Å². The van der Waals surface area contributed by atoms with E-state index < -0.39 is 5.41 Å². The van der Waals surface area contributed by atoms with Gasteiger partial charge in [-0.2, -0.15) is 0 Å². The standard InChI is InChI=1S/C18H20O.C5H12N2O.2C2H6.2H2/c1-4-15-9-8-12-17(13-15)18(3,14(2)19)16-10-6-5-7-11-16;1-4-6-5(8)7(2)3;2*1-2;;/h5-13H,4H2,1-3H3;4H2,1-3H3,(H,6,8);2*1-2H3;2*1H. The van der Waals surface area contributed by atoms with Crippen LogP contribution in [0.3, 0.4) is 0 Å². The highest BCUT2D eigenvalue weighted by Gasteiger charge is 2.33. The van der Waals surface area contributed by atoms with Gasteiger partial charge < -0.3 is 10.2 Å². The Labute approximate surface area is 194 Å². The minimum absolute atomic E-state index is 0. The van der Waals surface area contributed by atoms with Gasteiger partial charge in [0, 0.05) is 23.5 Å². The number of ketones is 1. The Hall–Kier alpha value is -2.62. The van der Waals surface area contributed by atoms with E-state index in [9.17, 15) is 9.59 Å². The first-order valence-electron chi connectivity index (χ1n) is 11.4. The summed E-state index contributed by atoms with van der Waals surface area (Å²) >= 11 is 0. The highest BCUT2D eigenvalue weighted by atomic mass is 16.2. The zero-order valence-electron chi connectivity index (χ0n) is 21.4. The van der Waals surface area contributed by atoms with Gasteiger partial charge in [0.05, 0.1) is 5.41 Å². The monoisotopic (exact) mass is 432 g/mol. The van der Waals surface area contributed by atoms with E-state index in [0.29, 0.717) is 6.54 Å². The predicted octanol–water partition coefficient (Wildman–Crippen LogP) is 6.97. The van der Waals surface area contributed by atoms with Crippen molar-refractivity contribution in [3.05, 3.63) is 71.3 Å². The number of carbonyl (C=O) groups excluding carboxylic acids is 2. The zero-order valence-corrected chi connectivity index (χ0v) is 21.4. The van der Waals surface area contributed by atoms with E-state index in [1.165, 1.54) is 10.5 Å². The first-order valence-corrected chi connectivity index (χ1v) is 11.4. The molecule has 0 aliphatic heterocycles. The van der Waals surface area contributed by atoms with Gasteiger partial charge in [0.2, 0.25) is 0 Å². The van der Waals surface area contributed by atoms with Crippen molar-refractivity contribution in [2.45, 2.75) is 67.2 Å². The van der Waals surface area contributed by atoms with Crippen LogP contribution in [0.25, 0.3) is 0 Å². The summed E-state index contributed by atoms with van der Waals surface area (Å²) in [5.74, 6) is 0.173. The van der Waals surface area contributed by atoms with Crippen LogP contribution >= 0.6 is 0 Å². The first-order chi connectivity index (χ1) is 14.8. The van der Waals surface area contributed by atoms with Gasteiger partial charge in [-0.1, -0.05) is 89.2 Å². The molecule has 0 aliphatic carbocycles. The number of nitrogens with zero attached hydrogens (tertiary/aromatic N) is 1. The van der Waals surface area contributed by atoms with Crippen molar-refractivity contribution in [3.63, 3.8) is 0 Å². The summed E-state index contributed by atoms with van der Waals surface area (Å²) in [7, 11) is 3.43. The maximum atomic E-state index is 12.3. The predicted molar refractivity (Wildman–Crippen MR) is 139 cm³/mol. The molecule has 0 spiro atoms. The Kier molecular flexibility index (Phi) is 16.9. The highest BCUT2D eigenvalue weighted by Crippen LogP contribution is 2.33. The van der Waals surface area contributed by atoms with Gasteiger partial charge in [-0.15, -0.1) is 0 Å². The maximum absolute atomic E-state index is 12.3. The molecule has 2 aromatic carbocycles. The Morgan fingerprint density at radius 3 is 1.81 bits per heavy atom. The van der Waals surface area contributed by atoms with Gasteiger partial charge in [0.1, 0.15) is 5.78 Å².